The van der Waals surface area contributed by atoms with Crippen LogP contribution in [0.4, 0.5) is 0 Å². The predicted octanol–water partition coefficient (Wildman–Crippen LogP) is 0.491. The quantitative estimate of drug-likeness (QED) is 0.481. The van der Waals surface area contributed by atoms with Crippen LogP contribution in [-0.4, -0.2) is 59.7 Å². The van der Waals surface area contributed by atoms with Gasteiger partial charge in [0.2, 0.25) is 5.91 Å². The van der Waals surface area contributed by atoms with E-state index in [0.717, 1.165) is 4.90 Å². The summed E-state index contributed by atoms with van der Waals surface area (Å²) in [6, 6.07) is 4.35. The fourth-order valence-corrected chi connectivity index (χ4v) is 3.03. The molecular formula is C20H25N3O6. The van der Waals surface area contributed by atoms with Crippen molar-refractivity contribution in [3.8, 4) is 0 Å². The molecule has 0 fully saturated rings. The molecule has 29 heavy (non-hydrogen) atoms. The lowest BCUT2D eigenvalue weighted by molar-refractivity contribution is -0.153. The summed E-state index contributed by atoms with van der Waals surface area (Å²) >= 11 is 0. The molecule has 2 N–H and O–H groups in total. The molecule has 1 heterocycles. The van der Waals surface area contributed by atoms with E-state index in [4.69, 9.17) is 4.74 Å². The fourth-order valence-electron chi connectivity index (χ4n) is 3.03. The highest BCUT2D eigenvalue weighted by Crippen LogP contribution is 2.27. The third-order valence-corrected chi connectivity index (χ3v) is 4.44. The minimum absolute atomic E-state index is 0.226. The Hall–Kier alpha value is -3.23. The summed E-state index contributed by atoms with van der Waals surface area (Å²) in [5.74, 6) is -3.47. The Kier molecular flexibility index (Phi) is 7.08. The molecule has 156 valence electrons. The van der Waals surface area contributed by atoms with Crippen LogP contribution in [0.1, 0.15) is 48.4 Å². The molecule has 0 unspecified atom stereocenters. The summed E-state index contributed by atoms with van der Waals surface area (Å²) in [7, 11) is 0. The van der Waals surface area contributed by atoms with E-state index in [1.807, 2.05) is 0 Å². The van der Waals surface area contributed by atoms with E-state index in [2.05, 4.69) is 10.6 Å². The molecule has 9 nitrogen and oxygen atoms in total. The van der Waals surface area contributed by atoms with Gasteiger partial charge in [0.1, 0.15) is 12.1 Å². The van der Waals surface area contributed by atoms with Crippen LogP contribution in [0.25, 0.3) is 0 Å². The third kappa shape index (κ3) is 4.79. The van der Waals surface area contributed by atoms with Gasteiger partial charge >= 0.3 is 5.97 Å². The van der Waals surface area contributed by atoms with Crippen molar-refractivity contribution in [2.24, 2.45) is 5.92 Å². The van der Waals surface area contributed by atoms with E-state index in [9.17, 15) is 24.0 Å². The molecule has 1 aliphatic rings. The second-order valence-electron chi connectivity index (χ2n) is 7.01. The lowest BCUT2D eigenvalue weighted by Gasteiger charge is -2.27. The van der Waals surface area contributed by atoms with Gasteiger partial charge in [-0.05, 0) is 31.9 Å². The van der Waals surface area contributed by atoms with Crippen molar-refractivity contribution in [3.05, 3.63) is 35.4 Å². The van der Waals surface area contributed by atoms with Gasteiger partial charge in [-0.25, -0.2) is 4.79 Å². The summed E-state index contributed by atoms with van der Waals surface area (Å²) in [5.41, 5.74) is 0.453. The number of imide groups is 1. The number of amides is 4. The largest absolute Gasteiger partial charge is 0.454 e. The normalized spacial score (nSPS) is 15.0. The first-order chi connectivity index (χ1) is 13.7. The van der Waals surface area contributed by atoms with Crippen LogP contribution in [0.15, 0.2) is 24.3 Å². The Morgan fingerprint density at radius 2 is 1.59 bits per heavy atom. The van der Waals surface area contributed by atoms with Crippen LogP contribution >= 0.6 is 0 Å². The number of nitrogens with one attached hydrogen (secondary N) is 2. The molecule has 9 heteroatoms. The molecule has 0 bridgehead atoms. The number of esters is 1. The Morgan fingerprint density at radius 1 is 1.03 bits per heavy atom. The molecular weight excluding hydrogens is 378 g/mol. The summed E-state index contributed by atoms with van der Waals surface area (Å²) < 4.78 is 5.05. The fraction of sp³-hybridized carbons (Fsp3) is 0.450. The molecule has 1 aromatic carbocycles. The highest BCUT2D eigenvalue weighted by atomic mass is 16.5. The molecule has 0 spiro atoms. The Bertz CT molecular complexity index is 800. The lowest BCUT2D eigenvalue weighted by atomic mass is 10.0. The van der Waals surface area contributed by atoms with Gasteiger partial charge in [-0.2, -0.15) is 0 Å². The maximum atomic E-state index is 12.7. The molecule has 0 saturated carbocycles. The zero-order valence-electron chi connectivity index (χ0n) is 16.9. The Labute approximate surface area is 168 Å². The number of nitrogens with zero attached hydrogens (tertiary/aromatic N) is 1. The average Bonchev–Trinajstić information content (AvgIpc) is 2.92. The van der Waals surface area contributed by atoms with Crippen LogP contribution in [0.2, 0.25) is 0 Å². The van der Waals surface area contributed by atoms with Crippen molar-refractivity contribution in [2.45, 2.75) is 39.8 Å². The SMILES string of the molecule is CCNC(=O)[C@@H](C)NC(=O)COC(=O)[C@H](C(C)C)N1C(=O)c2ccccc2C1=O. The van der Waals surface area contributed by atoms with Crippen molar-refractivity contribution in [3.63, 3.8) is 0 Å². The van der Waals surface area contributed by atoms with Crippen LogP contribution in [0.5, 0.6) is 0 Å². The monoisotopic (exact) mass is 403 g/mol. The number of hydrogen-bond acceptors (Lipinski definition) is 6. The molecule has 2 atom stereocenters. The van der Waals surface area contributed by atoms with Gasteiger partial charge in [0, 0.05) is 6.54 Å². The second-order valence-corrected chi connectivity index (χ2v) is 7.01. The second kappa shape index (κ2) is 9.31. The first-order valence-corrected chi connectivity index (χ1v) is 9.39. The van der Waals surface area contributed by atoms with Gasteiger partial charge in [-0.3, -0.25) is 24.1 Å². The topological polar surface area (TPSA) is 122 Å². The zero-order valence-corrected chi connectivity index (χ0v) is 16.9. The molecule has 0 aliphatic carbocycles. The number of hydrogen-bond donors (Lipinski definition) is 2. The van der Waals surface area contributed by atoms with E-state index in [-0.39, 0.29) is 17.0 Å². The Morgan fingerprint density at radius 3 is 2.07 bits per heavy atom. The minimum Gasteiger partial charge on any atom is -0.454 e. The number of likely N-dealkylation sites (N-methyl/N-ethyl adjacent to an activating group) is 1. The van der Waals surface area contributed by atoms with E-state index in [1.165, 1.54) is 19.1 Å². The number of carbonyl (C=O) groups is 5. The van der Waals surface area contributed by atoms with E-state index < -0.39 is 48.3 Å². The van der Waals surface area contributed by atoms with Gasteiger partial charge in [-0.15, -0.1) is 0 Å². The standard InChI is InChI=1S/C20H25N3O6/c1-5-21-17(25)12(4)22-15(24)10-29-20(28)16(11(2)3)23-18(26)13-8-6-7-9-14(13)19(23)27/h6-9,11-12,16H,5,10H2,1-4H3,(H,21,25)(H,22,24)/t12-,16+/m1/s1. The molecule has 0 saturated heterocycles. The van der Waals surface area contributed by atoms with E-state index in [1.54, 1.807) is 32.9 Å². The highest BCUT2D eigenvalue weighted by molar-refractivity contribution is 6.22. The molecule has 0 aromatic heterocycles. The maximum absolute atomic E-state index is 12.7. The number of fused-ring (bicyclic) bond motifs is 1. The average molecular weight is 403 g/mol. The number of benzene rings is 1. The van der Waals surface area contributed by atoms with Crippen molar-refractivity contribution in [1.82, 2.24) is 15.5 Å². The van der Waals surface area contributed by atoms with Crippen molar-refractivity contribution >= 4 is 29.6 Å². The Balaban J connectivity index is 2.04. The third-order valence-electron chi connectivity index (χ3n) is 4.44. The number of carbonyl (C=O) groups excluding carboxylic acids is 5. The van der Waals surface area contributed by atoms with Gasteiger partial charge in [0.15, 0.2) is 6.61 Å². The summed E-state index contributed by atoms with van der Waals surface area (Å²) in [5, 5.41) is 4.97. The number of ether oxygens (including phenoxy) is 1. The minimum atomic E-state index is -1.17. The molecule has 4 amide bonds. The molecule has 1 aliphatic heterocycles. The first-order valence-electron chi connectivity index (χ1n) is 9.39. The van der Waals surface area contributed by atoms with Crippen LogP contribution in [-0.2, 0) is 19.1 Å². The lowest BCUT2D eigenvalue weighted by Crippen LogP contribution is -2.50. The van der Waals surface area contributed by atoms with Crippen molar-refractivity contribution in [1.29, 1.82) is 0 Å². The zero-order chi connectivity index (χ0) is 21.7. The van der Waals surface area contributed by atoms with Crippen LogP contribution in [0.3, 0.4) is 0 Å². The first kappa shape index (κ1) is 22.1. The maximum Gasteiger partial charge on any atom is 0.330 e. The van der Waals surface area contributed by atoms with E-state index in [0.29, 0.717) is 6.54 Å². The van der Waals surface area contributed by atoms with Crippen molar-refractivity contribution < 1.29 is 28.7 Å². The van der Waals surface area contributed by atoms with Gasteiger partial charge in [0.25, 0.3) is 17.7 Å². The highest BCUT2D eigenvalue weighted by Gasteiger charge is 2.44. The van der Waals surface area contributed by atoms with Crippen LogP contribution < -0.4 is 10.6 Å². The number of rotatable bonds is 8. The van der Waals surface area contributed by atoms with Gasteiger partial charge in [0.05, 0.1) is 11.1 Å². The summed E-state index contributed by atoms with van der Waals surface area (Å²) in [6.07, 6.45) is 0. The molecule has 1 aromatic rings. The van der Waals surface area contributed by atoms with Gasteiger partial charge in [-0.1, -0.05) is 26.0 Å². The van der Waals surface area contributed by atoms with Crippen molar-refractivity contribution in [2.75, 3.05) is 13.2 Å². The van der Waals surface area contributed by atoms with Gasteiger partial charge < -0.3 is 15.4 Å². The summed E-state index contributed by atoms with van der Waals surface area (Å²) in [4.78, 5) is 62.4. The van der Waals surface area contributed by atoms with E-state index >= 15 is 0 Å². The molecule has 0 radical (unpaired) electrons. The predicted molar refractivity (Wildman–Crippen MR) is 103 cm³/mol. The molecule has 2 rings (SSSR count). The summed E-state index contributed by atoms with van der Waals surface area (Å²) in [6.45, 7) is 6.39. The van der Waals surface area contributed by atoms with Crippen LogP contribution in [0, 0.1) is 5.92 Å². The smallest absolute Gasteiger partial charge is 0.330 e.